The third-order valence-corrected chi connectivity index (χ3v) is 3.33. The van der Waals surface area contributed by atoms with Gasteiger partial charge in [0.05, 0.1) is 0 Å². The first kappa shape index (κ1) is 19.0. The van der Waals surface area contributed by atoms with E-state index >= 15 is 0 Å². The number of piperazine rings is 1. The normalized spacial score (nSPS) is 14.7. The Labute approximate surface area is 139 Å². The highest BCUT2D eigenvalue weighted by molar-refractivity contribution is 5.75. The molecule has 0 spiro atoms. The number of aldehydes is 1. The number of nitrogens with zero attached hydrogens (tertiary/aromatic N) is 2. The number of carbonyl (C=O) groups is 2. The van der Waals surface area contributed by atoms with E-state index in [0.717, 1.165) is 25.1 Å². The molecule has 1 aromatic rings. The van der Waals surface area contributed by atoms with Crippen molar-refractivity contribution >= 4 is 18.1 Å². The summed E-state index contributed by atoms with van der Waals surface area (Å²) in [5, 5.41) is 0. The van der Waals surface area contributed by atoms with Crippen molar-refractivity contribution in [1.82, 2.24) is 4.90 Å². The predicted molar refractivity (Wildman–Crippen MR) is 93.2 cm³/mol. The first-order valence-electron chi connectivity index (χ1n) is 8.17. The van der Waals surface area contributed by atoms with Gasteiger partial charge in [-0.1, -0.05) is 13.8 Å². The fraction of sp³-hybridized carbons (Fsp3) is 0.556. The molecule has 2 rings (SSSR count). The van der Waals surface area contributed by atoms with E-state index in [-0.39, 0.29) is 6.09 Å². The maximum Gasteiger partial charge on any atom is 0.410 e. The molecule has 0 unspecified atom stereocenters. The Kier molecular flexibility index (Phi) is 7.07. The third-order valence-electron chi connectivity index (χ3n) is 3.33. The lowest BCUT2D eigenvalue weighted by Crippen LogP contribution is -2.50. The number of hydrogen-bond donors (Lipinski definition) is 0. The largest absolute Gasteiger partial charge is 0.444 e. The van der Waals surface area contributed by atoms with E-state index in [9.17, 15) is 9.59 Å². The van der Waals surface area contributed by atoms with Crippen LogP contribution >= 0.6 is 0 Å². The zero-order chi connectivity index (χ0) is 17.5. The first-order chi connectivity index (χ1) is 10.9. The smallest absolute Gasteiger partial charge is 0.410 e. The molecule has 1 amide bonds. The summed E-state index contributed by atoms with van der Waals surface area (Å²) in [5.74, 6) is 0. The van der Waals surface area contributed by atoms with Crippen LogP contribution in [0.3, 0.4) is 0 Å². The molecule has 1 aliphatic rings. The van der Waals surface area contributed by atoms with Crippen molar-refractivity contribution in [3.63, 3.8) is 0 Å². The molecule has 0 aliphatic carbocycles. The van der Waals surface area contributed by atoms with Crippen LogP contribution in [-0.4, -0.2) is 49.1 Å². The average molecular weight is 320 g/mol. The number of benzene rings is 1. The van der Waals surface area contributed by atoms with E-state index in [1.54, 1.807) is 4.90 Å². The topological polar surface area (TPSA) is 49.9 Å². The zero-order valence-corrected chi connectivity index (χ0v) is 14.8. The molecule has 1 saturated heterocycles. The predicted octanol–water partition coefficient (Wildman–Crippen LogP) is 3.58. The Balaban J connectivity index is 0.00000127. The minimum Gasteiger partial charge on any atom is -0.444 e. The maximum atomic E-state index is 12.0. The summed E-state index contributed by atoms with van der Waals surface area (Å²) < 4.78 is 5.38. The summed E-state index contributed by atoms with van der Waals surface area (Å²) in [5.41, 5.74) is 1.29. The Morgan fingerprint density at radius 3 is 2.00 bits per heavy atom. The van der Waals surface area contributed by atoms with Gasteiger partial charge in [-0.05, 0) is 45.0 Å². The first-order valence-corrected chi connectivity index (χ1v) is 8.17. The van der Waals surface area contributed by atoms with Crippen LogP contribution in [0.1, 0.15) is 45.0 Å². The standard InChI is InChI=1S/C16H22N2O3.C2H6/c1-16(2,3)21-15(20)18-10-8-17(9-11-18)14-6-4-13(12-19)5-7-14;1-2/h4-7,12H,8-11H2,1-3H3;1-2H3. The van der Waals surface area contributed by atoms with Gasteiger partial charge in [-0.3, -0.25) is 4.79 Å². The number of anilines is 1. The van der Waals surface area contributed by atoms with Crippen LogP contribution in [0, 0.1) is 0 Å². The minimum absolute atomic E-state index is 0.251. The SMILES string of the molecule is CC.CC(C)(C)OC(=O)N1CCN(c2ccc(C=O)cc2)CC1. The van der Waals surface area contributed by atoms with Gasteiger partial charge in [0.1, 0.15) is 11.9 Å². The lowest BCUT2D eigenvalue weighted by molar-refractivity contribution is 0.0240. The molecule has 1 heterocycles. The molecule has 23 heavy (non-hydrogen) atoms. The van der Waals surface area contributed by atoms with E-state index in [4.69, 9.17) is 4.74 Å². The molecule has 1 aliphatic heterocycles. The van der Waals surface area contributed by atoms with Gasteiger partial charge in [0.2, 0.25) is 0 Å². The number of ether oxygens (including phenoxy) is 1. The van der Waals surface area contributed by atoms with E-state index < -0.39 is 5.60 Å². The Hall–Kier alpha value is -2.04. The van der Waals surface area contributed by atoms with Gasteiger partial charge in [0.15, 0.2) is 0 Å². The van der Waals surface area contributed by atoms with E-state index in [0.29, 0.717) is 18.7 Å². The molecule has 128 valence electrons. The molecule has 0 bridgehead atoms. The summed E-state index contributed by atoms with van der Waals surface area (Å²) >= 11 is 0. The second-order valence-electron chi connectivity index (χ2n) is 6.16. The number of rotatable bonds is 2. The van der Waals surface area contributed by atoms with Crippen molar-refractivity contribution in [1.29, 1.82) is 0 Å². The van der Waals surface area contributed by atoms with Gasteiger partial charge < -0.3 is 14.5 Å². The van der Waals surface area contributed by atoms with Crippen LogP contribution < -0.4 is 4.90 Å². The Bertz CT molecular complexity index is 498. The summed E-state index contributed by atoms with van der Waals surface area (Å²) in [6.45, 7) is 12.4. The molecule has 0 N–H and O–H groups in total. The van der Waals surface area contributed by atoms with E-state index in [2.05, 4.69) is 4.90 Å². The summed E-state index contributed by atoms with van der Waals surface area (Å²) in [6, 6.07) is 7.49. The fourth-order valence-corrected chi connectivity index (χ4v) is 2.24. The summed E-state index contributed by atoms with van der Waals surface area (Å²) in [4.78, 5) is 26.6. The van der Waals surface area contributed by atoms with Crippen molar-refractivity contribution in [3.05, 3.63) is 29.8 Å². The molecule has 0 aromatic heterocycles. The van der Waals surface area contributed by atoms with Gasteiger partial charge in [0.25, 0.3) is 0 Å². The molecular formula is C18H28N2O3. The summed E-state index contributed by atoms with van der Waals surface area (Å²) in [6.07, 6.45) is 0.586. The van der Waals surface area contributed by atoms with Gasteiger partial charge in [-0.15, -0.1) is 0 Å². The molecule has 0 saturated carbocycles. The second kappa shape index (κ2) is 8.56. The second-order valence-corrected chi connectivity index (χ2v) is 6.16. The molecule has 5 heteroatoms. The summed E-state index contributed by atoms with van der Waals surface area (Å²) in [7, 11) is 0. The lowest BCUT2D eigenvalue weighted by atomic mass is 10.2. The molecule has 0 atom stereocenters. The van der Waals surface area contributed by atoms with Crippen molar-refractivity contribution < 1.29 is 14.3 Å². The van der Waals surface area contributed by atoms with Crippen molar-refractivity contribution in [2.75, 3.05) is 31.1 Å². The van der Waals surface area contributed by atoms with Crippen LogP contribution in [0.2, 0.25) is 0 Å². The highest BCUT2D eigenvalue weighted by Gasteiger charge is 2.25. The molecule has 0 radical (unpaired) electrons. The maximum absolute atomic E-state index is 12.0. The van der Waals surface area contributed by atoms with Crippen LogP contribution in [0.15, 0.2) is 24.3 Å². The van der Waals surface area contributed by atoms with E-state index in [1.807, 2.05) is 58.9 Å². The molecule has 1 fully saturated rings. The van der Waals surface area contributed by atoms with Crippen LogP contribution in [0.4, 0.5) is 10.5 Å². The van der Waals surface area contributed by atoms with Gasteiger partial charge >= 0.3 is 6.09 Å². The highest BCUT2D eigenvalue weighted by Crippen LogP contribution is 2.18. The average Bonchev–Trinajstić information content (AvgIpc) is 2.55. The van der Waals surface area contributed by atoms with Crippen molar-refractivity contribution in [2.24, 2.45) is 0 Å². The van der Waals surface area contributed by atoms with E-state index in [1.165, 1.54) is 0 Å². The van der Waals surface area contributed by atoms with Gasteiger partial charge in [-0.25, -0.2) is 4.79 Å². The van der Waals surface area contributed by atoms with Crippen LogP contribution in [0.25, 0.3) is 0 Å². The highest BCUT2D eigenvalue weighted by atomic mass is 16.6. The lowest BCUT2D eigenvalue weighted by Gasteiger charge is -2.36. The monoisotopic (exact) mass is 320 g/mol. The van der Waals surface area contributed by atoms with Gasteiger partial charge in [0, 0.05) is 37.4 Å². The number of carbonyl (C=O) groups excluding carboxylic acids is 2. The fourth-order valence-electron chi connectivity index (χ4n) is 2.24. The number of hydrogen-bond acceptors (Lipinski definition) is 4. The third kappa shape index (κ3) is 5.93. The molecule has 1 aromatic carbocycles. The quantitative estimate of drug-likeness (QED) is 0.782. The Morgan fingerprint density at radius 1 is 1.04 bits per heavy atom. The van der Waals surface area contributed by atoms with Crippen molar-refractivity contribution in [2.45, 2.75) is 40.2 Å². The van der Waals surface area contributed by atoms with Crippen LogP contribution in [0.5, 0.6) is 0 Å². The molecular weight excluding hydrogens is 292 g/mol. The van der Waals surface area contributed by atoms with Crippen LogP contribution in [-0.2, 0) is 4.74 Å². The minimum atomic E-state index is -0.459. The Morgan fingerprint density at radius 2 is 1.57 bits per heavy atom. The zero-order valence-electron chi connectivity index (χ0n) is 14.8. The van der Waals surface area contributed by atoms with Crippen molar-refractivity contribution in [3.8, 4) is 0 Å². The molecule has 5 nitrogen and oxygen atoms in total. The number of amides is 1. The van der Waals surface area contributed by atoms with Gasteiger partial charge in [-0.2, -0.15) is 0 Å².